The molecule has 1 rings (SSSR count). The van der Waals surface area contributed by atoms with Crippen molar-refractivity contribution in [1.29, 1.82) is 0 Å². The second-order valence-electron chi connectivity index (χ2n) is 7.36. The van der Waals surface area contributed by atoms with Gasteiger partial charge in [0.2, 0.25) is 0 Å². The van der Waals surface area contributed by atoms with Crippen molar-refractivity contribution < 1.29 is 62.2 Å². The first kappa shape index (κ1) is 28.3. The minimum Gasteiger partial charge on any atom is -0.385 e. The van der Waals surface area contributed by atoms with Gasteiger partial charge in [-0.3, -0.25) is 0 Å². The highest BCUT2D eigenvalue weighted by molar-refractivity contribution is 5.32. The van der Waals surface area contributed by atoms with E-state index in [1.165, 1.54) is 12.1 Å². The van der Waals surface area contributed by atoms with Crippen LogP contribution in [-0.2, 0) is 12.0 Å². The summed E-state index contributed by atoms with van der Waals surface area (Å²) in [6.07, 6.45) is -9.73. The van der Waals surface area contributed by atoms with Crippen molar-refractivity contribution in [2.24, 2.45) is 0 Å². The van der Waals surface area contributed by atoms with Crippen molar-refractivity contribution >= 4 is 0 Å². The quantitative estimate of drug-likeness (QED) is 0.366. The predicted molar refractivity (Wildman–Crippen MR) is 85.4 cm³/mol. The van der Waals surface area contributed by atoms with Gasteiger partial charge in [-0.1, -0.05) is 37.6 Å². The maximum Gasteiger partial charge on any atom is 0.460 e. The van der Waals surface area contributed by atoms with E-state index in [1.54, 1.807) is 6.92 Å². The molecule has 1 N–H and O–H groups in total. The molecule has 1 aromatic rings. The molecule has 14 heteroatoms. The lowest BCUT2D eigenvalue weighted by Crippen LogP contribution is -2.70. The third kappa shape index (κ3) is 4.38. The van der Waals surface area contributed by atoms with Gasteiger partial charge in [-0.25, -0.2) is 0 Å². The summed E-state index contributed by atoms with van der Waals surface area (Å²) in [4.78, 5) is 0. The van der Waals surface area contributed by atoms with Crippen molar-refractivity contribution in [3.05, 3.63) is 35.4 Å². The first-order chi connectivity index (χ1) is 14.0. The van der Waals surface area contributed by atoms with Crippen LogP contribution in [0.15, 0.2) is 24.3 Å². The van der Waals surface area contributed by atoms with E-state index in [9.17, 15) is 62.2 Å². The molecule has 32 heavy (non-hydrogen) atoms. The number of hydrogen-bond acceptors (Lipinski definition) is 1. The highest BCUT2D eigenvalue weighted by Crippen LogP contribution is 2.61. The number of hydrogen-bond donors (Lipinski definition) is 1. The average molecular weight is 496 g/mol. The molecule has 0 aliphatic carbocycles. The van der Waals surface area contributed by atoms with Crippen molar-refractivity contribution in [2.45, 2.75) is 74.5 Å². The molecule has 0 radical (unpaired) electrons. The van der Waals surface area contributed by atoms with E-state index < -0.39 is 53.4 Å². The Morgan fingerprint density at radius 2 is 1.12 bits per heavy atom. The van der Waals surface area contributed by atoms with Gasteiger partial charge in [0.05, 0.1) is 12.0 Å². The Balaban J connectivity index is 3.49. The average Bonchev–Trinajstić information content (AvgIpc) is 2.59. The highest BCUT2D eigenvalue weighted by Gasteiger charge is 2.90. The molecule has 1 nitrogen and oxygen atoms in total. The van der Waals surface area contributed by atoms with Crippen LogP contribution in [0.3, 0.4) is 0 Å². The van der Waals surface area contributed by atoms with E-state index in [2.05, 4.69) is 0 Å². The minimum absolute atomic E-state index is 0.0837. The molecule has 186 valence electrons. The Hall–Kier alpha value is -1.73. The van der Waals surface area contributed by atoms with E-state index in [-0.39, 0.29) is 12.0 Å². The van der Waals surface area contributed by atoms with Gasteiger partial charge in [0.25, 0.3) is 0 Å². The summed E-state index contributed by atoms with van der Waals surface area (Å²) in [5.74, 6) is -37.4. The monoisotopic (exact) mass is 496 g/mol. The van der Waals surface area contributed by atoms with Crippen molar-refractivity contribution in [3.63, 3.8) is 0 Å². The van der Waals surface area contributed by atoms with Crippen molar-refractivity contribution in [2.75, 3.05) is 0 Å². The fourth-order valence-electron chi connectivity index (χ4n) is 2.97. The smallest absolute Gasteiger partial charge is 0.385 e. The van der Waals surface area contributed by atoms with E-state index in [0.29, 0.717) is 13.3 Å². The molecule has 0 heterocycles. The van der Waals surface area contributed by atoms with Crippen LogP contribution in [0.5, 0.6) is 0 Å². The topological polar surface area (TPSA) is 20.2 Å². The van der Waals surface area contributed by atoms with Gasteiger partial charge in [-0.15, -0.1) is 0 Å². The number of aliphatic hydroxyl groups is 1. The first-order valence-electron chi connectivity index (χ1n) is 8.78. The Morgan fingerprint density at radius 3 is 1.56 bits per heavy atom. The summed E-state index contributed by atoms with van der Waals surface area (Å²) in [5, 5.41) is 10.3. The molecule has 0 saturated heterocycles. The van der Waals surface area contributed by atoms with E-state index in [0.717, 1.165) is 12.1 Å². The highest BCUT2D eigenvalue weighted by atomic mass is 19.4. The Bertz CT molecular complexity index is 796. The van der Waals surface area contributed by atoms with Crippen molar-refractivity contribution in [1.82, 2.24) is 0 Å². The molecular formula is C18H17F13O. The van der Waals surface area contributed by atoms with Crippen LogP contribution >= 0.6 is 0 Å². The Kier molecular flexibility index (Phi) is 7.29. The van der Waals surface area contributed by atoms with Crippen LogP contribution in [0, 0.1) is 0 Å². The Morgan fingerprint density at radius 1 is 0.688 bits per heavy atom. The van der Waals surface area contributed by atoms with Gasteiger partial charge in [0.15, 0.2) is 0 Å². The normalized spacial score (nSPS) is 16.8. The minimum atomic E-state index is -7.96. The zero-order chi connectivity index (χ0) is 25.6. The lowest BCUT2D eigenvalue weighted by molar-refractivity contribution is -0.441. The molecule has 1 aromatic carbocycles. The fraction of sp³-hybridized carbons (Fsp3) is 0.667. The molecule has 0 aromatic heterocycles. The molecule has 0 bridgehead atoms. The predicted octanol–water partition coefficient (Wildman–Crippen LogP) is 6.98. The molecular weight excluding hydrogens is 479 g/mol. The van der Waals surface area contributed by atoms with Gasteiger partial charge >= 0.3 is 35.8 Å². The second kappa shape index (κ2) is 8.24. The fourth-order valence-corrected chi connectivity index (χ4v) is 2.97. The zero-order valence-electron chi connectivity index (χ0n) is 16.3. The standard InChI is InChI=1S/C18H17F13O/c1-3-6-10-7-4-5-8-11(10)12(2,32)9-13(19,20)14(21,22)15(23,24)16(25,26)17(27,28)18(29,30)31/h4-5,7-8,32H,3,6,9H2,1-2H3. The maximum absolute atomic E-state index is 14.2. The number of rotatable bonds is 9. The molecule has 0 fully saturated rings. The Labute approximate surface area is 173 Å². The lowest BCUT2D eigenvalue weighted by Gasteiger charge is -2.41. The molecule has 0 spiro atoms. The van der Waals surface area contributed by atoms with E-state index in [4.69, 9.17) is 0 Å². The summed E-state index contributed by atoms with van der Waals surface area (Å²) < 4.78 is 172. The summed E-state index contributed by atoms with van der Waals surface area (Å²) in [6, 6.07) is 4.71. The molecule has 0 amide bonds. The van der Waals surface area contributed by atoms with Crippen molar-refractivity contribution in [3.8, 4) is 0 Å². The van der Waals surface area contributed by atoms with Crippen LogP contribution in [-0.4, -0.2) is 40.9 Å². The van der Waals surface area contributed by atoms with Gasteiger partial charge in [-0.05, 0) is 24.5 Å². The third-order valence-corrected chi connectivity index (χ3v) is 4.68. The van der Waals surface area contributed by atoms with Crippen LogP contribution in [0.25, 0.3) is 0 Å². The number of aryl methyl sites for hydroxylation is 1. The summed E-state index contributed by atoms with van der Waals surface area (Å²) >= 11 is 0. The maximum atomic E-state index is 14.2. The lowest BCUT2D eigenvalue weighted by atomic mass is 9.82. The van der Waals surface area contributed by atoms with Gasteiger partial charge in [-0.2, -0.15) is 57.1 Å². The summed E-state index contributed by atoms with van der Waals surface area (Å²) in [6.45, 7) is 2.05. The number of alkyl halides is 13. The molecule has 0 aliphatic heterocycles. The molecule has 0 aliphatic rings. The number of halogens is 13. The van der Waals surface area contributed by atoms with E-state index >= 15 is 0 Å². The van der Waals surface area contributed by atoms with Crippen LogP contribution in [0.4, 0.5) is 57.1 Å². The van der Waals surface area contributed by atoms with Gasteiger partial charge in [0.1, 0.15) is 0 Å². The van der Waals surface area contributed by atoms with Gasteiger partial charge in [0, 0.05) is 0 Å². The SMILES string of the molecule is CCCc1ccccc1C(C)(O)CC(F)(F)C(F)(F)C(F)(F)C(F)(F)C(F)(F)C(F)(F)F. The molecule has 0 saturated carbocycles. The summed E-state index contributed by atoms with van der Waals surface area (Å²) in [7, 11) is 0. The van der Waals surface area contributed by atoms with Crippen LogP contribution < -0.4 is 0 Å². The van der Waals surface area contributed by atoms with E-state index in [1.807, 2.05) is 0 Å². The molecule has 1 atom stereocenters. The van der Waals surface area contributed by atoms with Crippen LogP contribution in [0.2, 0.25) is 0 Å². The molecule has 1 unspecified atom stereocenters. The summed E-state index contributed by atoms with van der Waals surface area (Å²) in [5.41, 5.74) is -3.47. The zero-order valence-corrected chi connectivity index (χ0v) is 16.3. The third-order valence-electron chi connectivity index (χ3n) is 4.68. The number of benzene rings is 1. The van der Waals surface area contributed by atoms with Crippen LogP contribution in [0.1, 0.15) is 37.8 Å². The first-order valence-corrected chi connectivity index (χ1v) is 8.78. The van der Waals surface area contributed by atoms with Gasteiger partial charge < -0.3 is 5.11 Å². The largest absolute Gasteiger partial charge is 0.460 e. The second-order valence-corrected chi connectivity index (χ2v) is 7.36.